The Hall–Kier alpha value is -8.59. The molecule has 0 aliphatic rings. The second-order valence-electron chi connectivity index (χ2n) is 15.3. The van der Waals surface area contributed by atoms with E-state index in [1.54, 1.807) is 81.9 Å². The van der Waals surface area contributed by atoms with Crippen LogP contribution < -0.4 is 0 Å². The molecule has 5 nitrogen and oxygen atoms in total. The van der Waals surface area contributed by atoms with Crippen molar-refractivity contribution in [1.82, 2.24) is 9.13 Å². The Labute approximate surface area is 360 Å². The molecule has 306 valence electrons. The van der Waals surface area contributed by atoms with Crippen LogP contribution in [0.1, 0.15) is 27.8 Å². The van der Waals surface area contributed by atoms with Crippen LogP contribution in [-0.2, 0) is 12.4 Å². The van der Waals surface area contributed by atoms with Crippen LogP contribution in [0.25, 0.3) is 88.4 Å². The van der Waals surface area contributed by atoms with E-state index in [0.717, 1.165) is 10.8 Å². The average Bonchev–Trinajstić information content (AvgIpc) is 3.82. The van der Waals surface area contributed by atoms with Crippen LogP contribution in [0.3, 0.4) is 0 Å². The minimum atomic E-state index is -5.17. The Bertz CT molecular complexity index is 3470. The summed E-state index contributed by atoms with van der Waals surface area (Å²) in [5, 5.41) is 33.7. The van der Waals surface area contributed by atoms with Gasteiger partial charge in [-0.1, -0.05) is 97.1 Å². The lowest BCUT2D eigenvalue weighted by atomic mass is 9.94. The minimum Gasteiger partial charge on any atom is -0.308 e. The Kier molecular flexibility index (Phi) is 9.14. The molecule has 10 rings (SSSR count). The molecule has 0 saturated heterocycles. The van der Waals surface area contributed by atoms with Crippen LogP contribution in [0.2, 0.25) is 0 Å². The van der Waals surface area contributed by atoms with E-state index in [0.29, 0.717) is 78.4 Å². The highest BCUT2D eigenvalue weighted by Crippen LogP contribution is 2.47. The summed E-state index contributed by atoms with van der Waals surface area (Å²) >= 11 is 0. The smallest absolute Gasteiger partial charge is 0.308 e. The number of hydrogen-bond acceptors (Lipinski definition) is 3. The second-order valence-corrected chi connectivity index (χ2v) is 15.3. The van der Waals surface area contributed by atoms with Crippen LogP contribution in [0.15, 0.2) is 164 Å². The maximum atomic E-state index is 14.8. The van der Waals surface area contributed by atoms with Crippen molar-refractivity contribution in [2.45, 2.75) is 12.4 Å². The van der Waals surface area contributed by atoms with Gasteiger partial charge in [-0.15, -0.1) is 0 Å². The van der Waals surface area contributed by atoms with Gasteiger partial charge in [0.05, 0.1) is 79.5 Å². The third-order valence-corrected chi connectivity index (χ3v) is 11.6. The molecule has 2 heterocycles. The zero-order chi connectivity index (χ0) is 44.5. The molecular formula is C53H27F6N5. The summed E-state index contributed by atoms with van der Waals surface area (Å²) < 4.78 is 92.4. The fraction of sp³-hybridized carbons (Fsp3) is 0.0377. The molecule has 0 unspecified atom stereocenters. The number of fused-ring (bicyclic) bond motifs is 6. The summed E-state index contributed by atoms with van der Waals surface area (Å²) in [5.41, 5.74) is 2.37. The van der Waals surface area contributed by atoms with E-state index in [-0.39, 0.29) is 28.6 Å². The highest BCUT2D eigenvalue weighted by Gasteiger charge is 2.38. The molecule has 0 fully saturated rings. The Balaban J connectivity index is 1.41. The molecule has 0 amide bonds. The largest absolute Gasteiger partial charge is 0.416 e. The van der Waals surface area contributed by atoms with Crippen LogP contribution in [0.4, 0.5) is 26.3 Å². The highest BCUT2D eigenvalue weighted by atomic mass is 19.4. The van der Waals surface area contributed by atoms with Gasteiger partial charge in [-0.05, 0) is 94.5 Å². The molecule has 0 radical (unpaired) electrons. The zero-order valence-electron chi connectivity index (χ0n) is 33.1. The summed E-state index contributed by atoms with van der Waals surface area (Å²) in [6.07, 6.45) is -10.3. The number of nitriles is 3. The van der Waals surface area contributed by atoms with Gasteiger partial charge >= 0.3 is 12.4 Å². The van der Waals surface area contributed by atoms with Gasteiger partial charge in [-0.25, -0.2) is 0 Å². The maximum absolute atomic E-state index is 14.8. The van der Waals surface area contributed by atoms with Gasteiger partial charge < -0.3 is 9.13 Å². The zero-order valence-corrected chi connectivity index (χ0v) is 33.1. The van der Waals surface area contributed by atoms with Crippen LogP contribution in [0, 0.1) is 34.0 Å². The number of rotatable bonds is 5. The van der Waals surface area contributed by atoms with Gasteiger partial charge in [0.1, 0.15) is 0 Å². The van der Waals surface area contributed by atoms with E-state index < -0.39 is 29.0 Å². The van der Waals surface area contributed by atoms with E-state index in [9.17, 15) is 42.1 Å². The summed E-state index contributed by atoms with van der Waals surface area (Å²) in [6, 6.07) is 50.8. The number of hydrogen-bond donors (Lipinski definition) is 0. The molecule has 0 aliphatic carbocycles. The molecule has 11 heteroatoms. The van der Waals surface area contributed by atoms with Gasteiger partial charge in [0.15, 0.2) is 0 Å². The van der Waals surface area contributed by atoms with E-state index in [1.807, 2.05) is 60.7 Å². The van der Waals surface area contributed by atoms with Crippen LogP contribution >= 0.6 is 0 Å². The first-order chi connectivity index (χ1) is 30.9. The van der Waals surface area contributed by atoms with E-state index in [4.69, 9.17) is 0 Å². The molecule has 0 atom stereocenters. The molecule has 0 bridgehead atoms. The number of benzene rings is 8. The summed E-state index contributed by atoms with van der Waals surface area (Å²) in [4.78, 5) is 0. The third kappa shape index (κ3) is 6.40. The number of halogens is 6. The van der Waals surface area contributed by atoms with E-state index in [2.05, 4.69) is 18.2 Å². The van der Waals surface area contributed by atoms with Crippen LogP contribution in [-0.4, -0.2) is 9.13 Å². The lowest BCUT2D eigenvalue weighted by Gasteiger charge is -2.22. The van der Waals surface area contributed by atoms with Gasteiger partial charge in [0.2, 0.25) is 0 Å². The molecular weight excluding hydrogens is 821 g/mol. The molecule has 64 heavy (non-hydrogen) atoms. The van der Waals surface area contributed by atoms with E-state index >= 15 is 0 Å². The van der Waals surface area contributed by atoms with Crippen molar-refractivity contribution in [1.29, 1.82) is 15.8 Å². The predicted octanol–water partition coefficient (Wildman–Crippen LogP) is 14.5. The molecule has 8 aromatic carbocycles. The van der Waals surface area contributed by atoms with Gasteiger partial charge in [-0.3, -0.25) is 0 Å². The summed E-state index contributed by atoms with van der Waals surface area (Å²) in [5.74, 6) is 0. The summed E-state index contributed by atoms with van der Waals surface area (Å²) in [6.45, 7) is 0. The summed E-state index contributed by atoms with van der Waals surface area (Å²) in [7, 11) is 0. The number of alkyl halides is 6. The number of para-hydroxylation sites is 2. The van der Waals surface area contributed by atoms with Gasteiger partial charge in [-0.2, -0.15) is 42.1 Å². The fourth-order valence-corrected chi connectivity index (χ4v) is 8.88. The van der Waals surface area contributed by atoms with Crippen molar-refractivity contribution in [3.63, 3.8) is 0 Å². The normalized spacial score (nSPS) is 11.9. The molecule has 0 N–H and O–H groups in total. The van der Waals surface area contributed by atoms with Crippen LogP contribution in [0.5, 0.6) is 0 Å². The van der Waals surface area contributed by atoms with Crippen molar-refractivity contribution in [3.05, 3.63) is 192 Å². The molecule has 10 aromatic rings. The van der Waals surface area contributed by atoms with Crippen molar-refractivity contribution in [2.24, 2.45) is 0 Å². The number of aromatic nitrogens is 2. The second kappa shape index (κ2) is 14.8. The number of nitrogens with zero attached hydrogens (tertiary/aromatic N) is 5. The molecule has 2 aromatic heterocycles. The van der Waals surface area contributed by atoms with Gasteiger partial charge in [0.25, 0.3) is 0 Å². The first kappa shape index (κ1) is 39.5. The lowest BCUT2D eigenvalue weighted by Crippen LogP contribution is -2.12. The van der Waals surface area contributed by atoms with Crippen molar-refractivity contribution in [3.8, 4) is 63.0 Å². The van der Waals surface area contributed by atoms with Crippen molar-refractivity contribution in [2.75, 3.05) is 0 Å². The molecule has 0 aliphatic heterocycles. The average molecular weight is 848 g/mol. The third-order valence-electron chi connectivity index (χ3n) is 11.6. The minimum absolute atomic E-state index is 0.0217. The molecule has 0 saturated carbocycles. The first-order valence-corrected chi connectivity index (χ1v) is 19.8. The first-order valence-electron chi connectivity index (χ1n) is 19.8. The monoisotopic (exact) mass is 847 g/mol. The Morgan fingerprint density at radius 1 is 0.375 bits per heavy atom. The van der Waals surface area contributed by atoms with Gasteiger partial charge in [0, 0.05) is 27.1 Å². The van der Waals surface area contributed by atoms with E-state index in [1.165, 1.54) is 12.1 Å². The van der Waals surface area contributed by atoms with Crippen molar-refractivity contribution < 1.29 is 26.3 Å². The quantitative estimate of drug-likeness (QED) is 0.162. The maximum Gasteiger partial charge on any atom is 0.416 e. The standard InChI is InChI=1S/C53H27F6N5/c54-52(55,56)37-23-36(24-38(27-37)53(57,58)59)51-49(63-45-15-7-5-13-41(45)43-19-17-32(25-47(43)63)39-11-3-1-9-34(39)29-61)21-31(28-60)22-50(51)64-46-16-8-6-14-42(46)44-20-18-33(26-48(44)64)40-12-4-2-10-35(40)30-62/h1-27H. The predicted molar refractivity (Wildman–Crippen MR) is 236 cm³/mol. The highest BCUT2D eigenvalue weighted by molar-refractivity contribution is 6.13. The van der Waals surface area contributed by atoms with Crippen molar-refractivity contribution >= 4 is 43.6 Å². The Morgan fingerprint density at radius 2 is 0.781 bits per heavy atom. The topological polar surface area (TPSA) is 81.2 Å². The fourth-order valence-electron chi connectivity index (χ4n) is 8.88. The Morgan fingerprint density at radius 3 is 1.20 bits per heavy atom. The molecule has 0 spiro atoms. The SMILES string of the molecule is N#Cc1cc(-n2c3ccccc3c3ccc(-c4ccccc4C#N)cc32)c(-c2cc(C(F)(F)F)cc(C(F)(F)F)c2)c(-n2c3ccccc3c3ccc(-c4ccccc4C#N)cc32)c1. The lowest BCUT2D eigenvalue weighted by molar-refractivity contribution is -0.143.